The molecule has 1 aromatic heterocycles. The van der Waals surface area contributed by atoms with E-state index in [9.17, 15) is 4.79 Å². The monoisotopic (exact) mass is 460 g/mol. The summed E-state index contributed by atoms with van der Waals surface area (Å²) in [5.41, 5.74) is 3.15. The number of methoxy groups -OCH3 is 2. The van der Waals surface area contributed by atoms with Crippen LogP contribution in [0.1, 0.15) is 18.4 Å². The third kappa shape index (κ3) is 5.23. The van der Waals surface area contributed by atoms with Crippen LogP contribution in [-0.4, -0.2) is 42.4 Å². The highest BCUT2D eigenvalue weighted by molar-refractivity contribution is 7.99. The highest BCUT2D eigenvalue weighted by Gasteiger charge is 2.27. The molecule has 0 saturated heterocycles. The van der Waals surface area contributed by atoms with Gasteiger partial charge >= 0.3 is 0 Å². The molecule has 0 radical (unpaired) electrons. The quantitative estimate of drug-likeness (QED) is 0.528. The lowest BCUT2D eigenvalue weighted by Crippen LogP contribution is -2.38. The maximum absolute atomic E-state index is 12.9. The first-order chi connectivity index (χ1) is 16.1. The van der Waals surface area contributed by atoms with Crippen LogP contribution < -0.4 is 14.8 Å². The van der Waals surface area contributed by atoms with E-state index in [1.165, 1.54) is 11.8 Å². The van der Waals surface area contributed by atoms with Crippen molar-refractivity contribution < 1.29 is 14.3 Å². The number of carbonyl (C=O) groups excluding carboxylic acids is 1. The molecule has 1 atom stereocenters. The summed E-state index contributed by atoms with van der Waals surface area (Å²) in [6, 6.07) is 18.9. The number of hydrogen-bond donors (Lipinski definition) is 1. The van der Waals surface area contributed by atoms with Crippen LogP contribution in [0, 0.1) is 0 Å². The molecule has 1 N–H and O–H groups in total. The lowest BCUT2D eigenvalue weighted by Gasteiger charge is -2.20. The molecular formula is C25H24N4O3S. The fraction of sp³-hybridized carbons (Fsp3) is 0.200. The molecular weight excluding hydrogens is 436 g/mol. The molecule has 1 aliphatic heterocycles. The number of thioether (sulfide) groups is 1. The van der Waals surface area contributed by atoms with Gasteiger partial charge in [-0.1, -0.05) is 36.0 Å². The van der Waals surface area contributed by atoms with Crippen molar-refractivity contribution in [3.8, 4) is 11.5 Å². The molecule has 2 aromatic carbocycles. The first-order valence-corrected chi connectivity index (χ1v) is 11.4. The summed E-state index contributed by atoms with van der Waals surface area (Å²) in [5, 5.41) is 3.81. The minimum Gasteiger partial charge on any atom is -0.493 e. The number of amidine groups is 1. The van der Waals surface area contributed by atoms with Gasteiger partial charge in [-0.15, -0.1) is 0 Å². The fourth-order valence-electron chi connectivity index (χ4n) is 3.58. The smallest absolute Gasteiger partial charge is 0.235 e. The molecule has 3 aromatic rings. The van der Waals surface area contributed by atoms with Crippen molar-refractivity contribution in [2.45, 2.75) is 17.9 Å². The van der Waals surface area contributed by atoms with Crippen molar-refractivity contribution in [1.29, 1.82) is 0 Å². The van der Waals surface area contributed by atoms with E-state index in [4.69, 9.17) is 19.5 Å². The average molecular weight is 461 g/mol. The van der Waals surface area contributed by atoms with Crippen LogP contribution >= 0.6 is 11.8 Å². The zero-order chi connectivity index (χ0) is 23.2. The average Bonchev–Trinajstić information content (AvgIpc) is 2.98. The van der Waals surface area contributed by atoms with Crippen LogP contribution in [-0.2, 0) is 4.79 Å². The Kier molecular flexibility index (Phi) is 7.04. The molecule has 4 rings (SSSR count). The van der Waals surface area contributed by atoms with Crippen LogP contribution in [0.25, 0.3) is 0 Å². The summed E-state index contributed by atoms with van der Waals surface area (Å²) < 4.78 is 10.9. The van der Waals surface area contributed by atoms with Crippen LogP contribution in [0.15, 0.2) is 81.9 Å². The Bertz CT molecular complexity index is 1210. The molecule has 2 heterocycles. The molecule has 8 heteroatoms. The number of rotatable bonds is 6. The minimum atomic E-state index is -0.360. The SMILES string of the molecule is COc1ccc(C2C(C)=Nc3ccccc3N=C2NC(=O)CSc2ccccn2)cc1OC. The van der Waals surface area contributed by atoms with Crippen LogP contribution in [0.4, 0.5) is 11.4 Å². The van der Waals surface area contributed by atoms with Crippen molar-refractivity contribution in [1.82, 2.24) is 10.3 Å². The molecule has 0 fully saturated rings. The predicted molar refractivity (Wildman–Crippen MR) is 132 cm³/mol. The van der Waals surface area contributed by atoms with Gasteiger partial charge in [-0.3, -0.25) is 9.79 Å². The van der Waals surface area contributed by atoms with Gasteiger partial charge in [-0.2, -0.15) is 0 Å². The van der Waals surface area contributed by atoms with Crippen molar-refractivity contribution in [2.24, 2.45) is 9.98 Å². The van der Waals surface area contributed by atoms with E-state index in [-0.39, 0.29) is 17.6 Å². The summed E-state index contributed by atoms with van der Waals surface area (Å²) in [5.74, 6) is 1.43. The molecule has 0 bridgehead atoms. The van der Waals surface area contributed by atoms with Gasteiger partial charge in [0.1, 0.15) is 5.84 Å². The second-order valence-corrected chi connectivity index (χ2v) is 8.29. The number of pyridine rings is 1. The zero-order valence-electron chi connectivity index (χ0n) is 18.6. The number of aromatic nitrogens is 1. The third-order valence-corrected chi connectivity index (χ3v) is 6.05. The van der Waals surface area contributed by atoms with Gasteiger partial charge in [-0.25, -0.2) is 9.98 Å². The summed E-state index contributed by atoms with van der Waals surface area (Å²) in [7, 11) is 3.19. The normalized spacial score (nSPS) is 14.9. The number of hydrogen-bond acceptors (Lipinski definition) is 7. The molecule has 33 heavy (non-hydrogen) atoms. The van der Waals surface area contributed by atoms with E-state index in [0.717, 1.165) is 22.0 Å². The highest BCUT2D eigenvalue weighted by atomic mass is 32.2. The maximum Gasteiger partial charge on any atom is 0.235 e. The van der Waals surface area contributed by atoms with Crippen molar-refractivity contribution in [3.05, 3.63) is 72.4 Å². The predicted octanol–water partition coefficient (Wildman–Crippen LogP) is 4.93. The Hall–Kier alpha value is -3.65. The first kappa shape index (κ1) is 22.5. The van der Waals surface area contributed by atoms with Crippen molar-refractivity contribution in [3.63, 3.8) is 0 Å². The van der Waals surface area contributed by atoms with Crippen LogP contribution in [0.3, 0.4) is 0 Å². The molecule has 0 aliphatic carbocycles. The highest BCUT2D eigenvalue weighted by Crippen LogP contribution is 2.37. The van der Waals surface area contributed by atoms with Gasteiger partial charge < -0.3 is 14.8 Å². The van der Waals surface area contributed by atoms with Crippen molar-refractivity contribution >= 4 is 40.6 Å². The topological polar surface area (TPSA) is 85.2 Å². The summed E-state index contributed by atoms with van der Waals surface area (Å²) in [6.45, 7) is 1.94. The molecule has 0 saturated carbocycles. The van der Waals surface area contributed by atoms with Gasteiger partial charge in [0, 0.05) is 11.9 Å². The lowest BCUT2D eigenvalue weighted by atomic mass is 9.92. The number of aliphatic imine (C=N–C) groups is 2. The van der Waals surface area contributed by atoms with Gasteiger partial charge in [0.05, 0.1) is 42.3 Å². The van der Waals surface area contributed by atoms with Crippen LogP contribution in [0.2, 0.25) is 0 Å². The van der Waals surface area contributed by atoms with E-state index in [2.05, 4.69) is 10.3 Å². The molecule has 168 valence electrons. The number of amides is 1. The van der Waals surface area contributed by atoms with Gasteiger partial charge in [-0.05, 0) is 48.9 Å². The first-order valence-electron chi connectivity index (χ1n) is 10.4. The van der Waals surface area contributed by atoms with E-state index in [1.807, 2.05) is 67.6 Å². The maximum atomic E-state index is 12.9. The minimum absolute atomic E-state index is 0.165. The number of ether oxygens (including phenoxy) is 2. The zero-order valence-corrected chi connectivity index (χ0v) is 19.4. The Morgan fingerprint density at radius 3 is 2.39 bits per heavy atom. The van der Waals surface area contributed by atoms with Gasteiger partial charge in [0.25, 0.3) is 0 Å². The Morgan fingerprint density at radius 1 is 0.970 bits per heavy atom. The molecule has 1 aliphatic rings. The summed E-state index contributed by atoms with van der Waals surface area (Å²) in [4.78, 5) is 26.8. The van der Waals surface area contributed by atoms with E-state index < -0.39 is 0 Å². The number of benzene rings is 2. The lowest BCUT2D eigenvalue weighted by molar-refractivity contribution is -0.117. The molecule has 1 amide bonds. The van der Waals surface area contributed by atoms with Crippen LogP contribution in [0.5, 0.6) is 11.5 Å². The van der Waals surface area contributed by atoms with E-state index in [0.29, 0.717) is 23.0 Å². The number of para-hydroxylation sites is 2. The fourth-order valence-corrected chi connectivity index (χ4v) is 4.24. The largest absolute Gasteiger partial charge is 0.493 e. The van der Waals surface area contributed by atoms with Gasteiger partial charge in [0.2, 0.25) is 5.91 Å². The Morgan fingerprint density at radius 2 is 1.70 bits per heavy atom. The second-order valence-electron chi connectivity index (χ2n) is 7.29. The number of fused-ring (bicyclic) bond motifs is 1. The molecule has 7 nitrogen and oxygen atoms in total. The standard InChI is InChI=1S/C25H24N4O3S/c1-16-24(17-11-12-20(31-2)21(14-17)32-3)25(28-19-9-5-4-8-18(19)27-16)29-22(30)15-33-23-10-6-7-13-26-23/h4-14,24H,15H2,1-3H3,(H,28,29,30). The van der Waals surface area contributed by atoms with Gasteiger partial charge in [0.15, 0.2) is 11.5 Å². The summed E-state index contributed by atoms with van der Waals surface area (Å²) in [6.07, 6.45) is 1.71. The number of carbonyl (C=O) groups is 1. The summed E-state index contributed by atoms with van der Waals surface area (Å²) >= 11 is 1.37. The molecule has 0 spiro atoms. The van der Waals surface area contributed by atoms with E-state index >= 15 is 0 Å². The number of nitrogens with zero attached hydrogens (tertiary/aromatic N) is 3. The Labute approximate surface area is 197 Å². The third-order valence-electron chi connectivity index (χ3n) is 5.11. The second kappa shape index (κ2) is 10.3. The van der Waals surface area contributed by atoms with Crippen molar-refractivity contribution in [2.75, 3.05) is 20.0 Å². The number of nitrogens with one attached hydrogen (secondary N) is 1. The van der Waals surface area contributed by atoms with E-state index in [1.54, 1.807) is 20.4 Å². The Balaban J connectivity index is 1.68. The molecule has 1 unspecified atom stereocenters.